The lowest BCUT2D eigenvalue weighted by Gasteiger charge is -2.22. The molecule has 2 heterocycles. The van der Waals surface area contributed by atoms with E-state index in [9.17, 15) is 4.79 Å². The molecule has 0 saturated carbocycles. The molecule has 1 atom stereocenters. The number of aryl methyl sites for hydroxylation is 1. The lowest BCUT2D eigenvalue weighted by molar-refractivity contribution is 0.0608. The van der Waals surface area contributed by atoms with E-state index in [0.29, 0.717) is 13.2 Å². The maximum absolute atomic E-state index is 12.5. The predicted molar refractivity (Wildman–Crippen MR) is 70.0 cm³/mol. The maximum Gasteiger partial charge on any atom is 0.184 e. The molecule has 0 spiro atoms. The molecule has 1 aliphatic rings. The second-order valence-corrected chi connectivity index (χ2v) is 4.62. The van der Waals surface area contributed by atoms with Crippen molar-refractivity contribution < 1.29 is 9.53 Å². The first-order valence-corrected chi connectivity index (χ1v) is 6.20. The van der Waals surface area contributed by atoms with Crippen LogP contribution in [0, 0.1) is 6.92 Å². The summed E-state index contributed by atoms with van der Waals surface area (Å²) in [5.74, 6) is 0.115. The first kappa shape index (κ1) is 11.4. The normalized spacial score (nSPS) is 20.2. The van der Waals surface area contributed by atoms with E-state index in [1.54, 1.807) is 0 Å². The van der Waals surface area contributed by atoms with Crippen LogP contribution in [0.15, 0.2) is 24.3 Å². The van der Waals surface area contributed by atoms with Gasteiger partial charge < -0.3 is 15.0 Å². The van der Waals surface area contributed by atoms with Crippen molar-refractivity contribution in [3.63, 3.8) is 0 Å². The minimum absolute atomic E-state index is 0.115. The third-order valence-electron chi connectivity index (χ3n) is 3.38. The topological polar surface area (TPSA) is 54.1 Å². The molecule has 18 heavy (non-hydrogen) atoms. The average molecular weight is 244 g/mol. The third-order valence-corrected chi connectivity index (χ3v) is 3.38. The fraction of sp³-hybridized carbons (Fsp3) is 0.357. The number of hydrogen-bond donors (Lipinski definition) is 2. The second kappa shape index (κ2) is 4.55. The molecule has 1 aromatic heterocycles. The van der Waals surface area contributed by atoms with Crippen LogP contribution in [0.2, 0.25) is 0 Å². The maximum atomic E-state index is 12.5. The van der Waals surface area contributed by atoms with Crippen molar-refractivity contribution in [1.29, 1.82) is 0 Å². The van der Waals surface area contributed by atoms with Gasteiger partial charge in [0.1, 0.15) is 0 Å². The van der Waals surface area contributed by atoms with Crippen molar-refractivity contribution in [3.8, 4) is 0 Å². The minimum atomic E-state index is -0.225. The van der Waals surface area contributed by atoms with Crippen LogP contribution >= 0.6 is 0 Å². The van der Waals surface area contributed by atoms with Crippen molar-refractivity contribution in [1.82, 2.24) is 10.3 Å². The monoisotopic (exact) mass is 244 g/mol. The number of nitrogens with one attached hydrogen (secondary N) is 2. The van der Waals surface area contributed by atoms with E-state index >= 15 is 0 Å². The number of rotatable bonds is 2. The van der Waals surface area contributed by atoms with Crippen molar-refractivity contribution in [3.05, 3.63) is 35.5 Å². The molecule has 1 aliphatic heterocycles. The lowest BCUT2D eigenvalue weighted by Crippen LogP contribution is -2.46. The van der Waals surface area contributed by atoms with E-state index in [0.717, 1.165) is 28.7 Å². The number of ether oxygens (including phenoxy) is 1. The van der Waals surface area contributed by atoms with Gasteiger partial charge in [-0.3, -0.25) is 4.79 Å². The Hall–Kier alpha value is -1.65. The molecule has 0 aliphatic carbocycles. The van der Waals surface area contributed by atoms with Crippen LogP contribution < -0.4 is 5.32 Å². The fourth-order valence-electron chi connectivity index (χ4n) is 2.50. The molecular formula is C14H16N2O2. The van der Waals surface area contributed by atoms with Gasteiger partial charge in [-0.1, -0.05) is 18.2 Å². The van der Waals surface area contributed by atoms with E-state index in [4.69, 9.17) is 4.74 Å². The number of ketones is 1. The van der Waals surface area contributed by atoms with E-state index in [1.165, 1.54) is 0 Å². The molecule has 94 valence electrons. The highest BCUT2D eigenvalue weighted by Crippen LogP contribution is 2.23. The van der Waals surface area contributed by atoms with Crippen LogP contribution in [-0.4, -0.2) is 36.6 Å². The molecule has 4 nitrogen and oxygen atoms in total. The first-order chi connectivity index (χ1) is 8.77. The minimum Gasteiger partial charge on any atom is -0.378 e. The van der Waals surface area contributed by atoms with Crippen LogP contribution in [0.4, 0.5) is 0 Å². The van der Waals surface area contributed by atoms with E-state index in [-0.39, 0.29) is 11.8 Å². The van der Waals surface area contributed by atoms with Gasteiger partial charge in [0, 0.05) is 28.7 Å². The largest absolute Gasteiger partial charge is 0.378 e. The molecule has 0 amide bonds. The Morgan fingerprint density at radius 2 is 2.22 bits per heavy atom. The van der Waals surface area contributed by atoms with Crippen LogP contribution in [0.25, 0.3) is 10.9 Å². The molecule has 3 rings (SSSR count). The molecule has 1 unspecified atom stereocenters. The summed E-state index contributed by atoms with van der Waals surface area (Å²) in [6.07, 6.45) is 0. The Morgan fingerprint density at radius 3 is 3.00 bits per heavy atom. The summed E-state index contributed by atoms with van der Waals surface area (Å²) in [5, 5.41) is 4.20. The number of fused-ring (bicyclic) bond motifs is 1. The number of morpholine rings is 1. The average Bonchev–Trinajstić information content (AvgIpc) is 2.75. The van der Waals surface area contributed by atoms with Crippen LogP contribution in [-0.2, 0) is 4.74 Å². The number of carbonyl (C=O) groups excluding carboxylic acids is 1. The molecule has 2 aromatic rings. The summed E-state index contributed by atoms with van der Waals surface area (Å²) in [5.41, 5.74) is 2.72. The van der Waals surface area contributed by atoms with Crippen LogP contribution in [0.3, 0.4) is 0 Å². The zero-order valence-corrected chi connectivity index (χ0v) is 10.3. The first-order valence-electron chi connectivity index (χ1n) is 6.20. The molecule has 2 N–H and O–H groups in total. The second-order valence-electron chi connectivity index (χ2n) is 4.62. The Balaban J connectivity index is 2.02. The number of Topliss-reactive ketones (excluding diaryl/α,β-unsaturated/α-hetero) is 1. The van der Waals surface area contributed by atoms with Gasteiger partial charge in [0.2, 0.25) is 0 Å². The number of aromatic nitrogens is 1. The molecule has 0 radical (unpaired) electrons. The summed E-state index contributed by atoms with van der Waals surface area (Å²) in [7, 11) is 0. The SMILES string of the molecule is Cc1[nH]c2ccccc2c1C(=O)C1COCCN1. The van der Waals surface area contributed by atoms with Crippen molar-refractivity contribution >= 4 is 16.7 Å². The highest BCUT2D eigenvalue weighted by atomic mass is 16.5. The van der Waals surface area contributed by atoms with Crippen molar-refractivity contribution in [2.24, 2.45) is 0 Å². The summed E-state index contributed by atoms with van der Waals surface area (Å²) in [6, 6.07) is 7.67. The van der Waals surface area contributed by atoms with E-state index in [2.05, 4.69) is 10.3 Å². The molecule has 1 saturated heterocycles. The zero-order chi connectivity index (χ0) is 12.5. The number of para-hydroxylation sites is 1. The van der Waals surface area contributed by atoms with Crippen LogP contribution in [0.1, 0.15) is 16.1 Å². The molecule has 0 bridgehead atoms. The molecule has 1 fully saturated rings. The van der Waals surface area contributed by atoms with Gasteiger partial charge in [-0.05, 0) is 13.0 Å². The quantitative estimate of drug-likeness (QED) is 0.790. The highest BCUT2D eigenvalue weighted by Gasteiger charge is 2.26. The Bertz CT molecular complexity index is 582. The highest BCUT2D eigenvalue weighted by molar-refractivity contribution is 6.11. The zero-order valence-electron chi connectivity index (χ0n) is 10.3. The summed E-state index contributed by atoms with van der Waals surface area (Å²) >= 11 is 0. The summed E-state index contributed by atoms with van der Waals surface area (Å²) < 4.78 is 5.36. The number of aromatic amines is 1. The smallest absolute Gasteiger partial charge is 0.184 e. The van der Waals surface area contributed by atoms with E-state index < -0.39 is 0 Å². The van der Waals surface area contributed by atoms with Crippen molar-refractivity contribution in [2.45, 2.75) is 13.0 Å². The summed E-state index contributed by atoms with van der Waals surface area (Å²) in [6.45, 7) is 3.81. The van der Waals surface area contributed by atoms with Crippen LogP contribution in [0.5, 0.6) is 0 Å². The predicted octanol–water partition coefficient (Wildman–Crippen LogP) is 1.65. The third kappa shape index (κ3) is 1.83. The lowest BCUT2D eigenvalue weighted by atomic mass is 10.0. The number of H-pyrrole nitrogens is 1. The van der Waals surface area contributed by atoms with Gasteiger partial charge in [-0.2, -0.15) is 0 Å². The number of carbonyl (C=O) groups is 1. The van der Waals surface area contributed by atoms with Gasteiger partial charge in [0.15, 0.2) is 5.78 Å². The Labute approximate surface area is 105 Å². The van der Waals surface area contributed by atoms with Crippen molar-refractivity contribution in [2.75, 3.05) is 19.8 Å². The fourth-order valence-corrected chi connectivity index (χ4v) is 2.50. The standard InChI is InChI=1S/C14H16N2O2/c1-9-13(10-4-2-3-5-11(10)16-9)14(17)12-8-18-7-6-15-12/h2-5,12,15-16H,6-8H2,1H3. The van der Waals surface area contributed by atoms with Gasteiger partial charge in [0.05, 0.1) is 19.3 Å². The number of hydrogen-bond acceptors (Lipinski definition) is 3. The Kier molecular flexibility index (Phi) is 2.89. The van der Waals surface area contributed by atoms with Gasteiger partial charge in [0.25, 0.3) is 0 Å². The Morgan fingerprint density at radius 1 is 1.39 bits per heavy atom. The number of benzene rings is 1. The van der Waals surface area contributed by atoms with Gasteiger partial charge >= 0.3 is 0 Å². The van der Waals surface area contributed by atoms with Gasteiger partial charge in [-0.15, -0.1) is 0 Å². The molecular weight excluding hydrogens is 228 g/mol. The molecule has 4 heteroatoms. The van der Waals surface area contributed by atoms with Gasteiger partial charge in [-0.25, -0.2) is 0 Å². The molecule has 1 aromatic carbocycles. The van der Waals surface area contributed by atoms with E-state index in [1.807, 2.05) is 31.2 Å². The summed E-state index contributed by atoms with van der Waals surface area (Å²) in [4.78, 5) is 15.8.